The fourth-order valence-corrected chi connectivity index (χ4v) is 2.28. The van der Waals surface area contributed by atoms with Crippen molar-refractivity contribution >= 4 is 11.9 Å². The van der Waals surface area contributed by atoms with Crippen molar-refractivity contribution in [2.24, 2.45) is 5.73 Å². The van der Waals surface area contributed by atoms with Gasteiger partial charge < -0.3 is 11.1 Å². The van der Waals surface area contributed by atoms with Crippen LogP contribution in [0.5, 0.6) is 0 Å². The average molecular weight is 342 g/mol. The van der Waals surface area contributed by atoms with E-state index in [4.69, 9.17) is 11.1 Å². The molecule has 0 spiro atoms. The summed E-state index contributed by atoms with van der Waals surface area (Å²) in [5, 5.41) is 6.89. The summed E-state index contributed by atoms with van der Waals surface area (Å²) in [6.07, 6.45) is -10.4. The minimum Gasteiger partial charge on any atom is -0.398 e. The maximum Gasteiger partial charge on any atom is 0.435 e. The normalized spacial score (nSPS) is 14.0. The summed E-state index contributed by atoms with van der Waals surface area (Å²) in [7, 11) is 0. The lowest BCUT2D eigenvalue weighted by Crippen LogP contribution is -2.50. The molecule has 9 heteroatoms. The maximum atomic E-state index is 14.0. The zero-order chi connectivity index (χ0) is 18.2. The summed E-state index contributed by atoms with van der Waals surface area (Å²) in [5.74, 6) is 0. The Morgan fingerprint density at radius 1 is 0.957 bits per heavy atom. The summed E-state index contributed by atoms with van der Waals surface area (Å²) < 4.78 is 90.7. The number of nitrogens with one attached hydrogen (secondary N) is 1. The number of aryl methyl sites for hydroxylation is 2. The molecule has 0 saturated heterocycles. The molecule has 0 atom stereocenters. The van der Waals surface area contributed by atoms with Gasteiger partial charge in [0.25, 0.3) is 0 Å². The van der Waals surface area contributed by atoms with E-state index in [1.54, 1.807) is 0 Å². The molecule has 0 fully saturated rings. The van der Waals surface area contributed by atoms with Crippen LogP contribution in [0.25, 0.3) is 5.70 Å². The summed E-state index contributed by atoms with van der Waals surface area (Å²) in [6, 6.07) is 0.932. The molecule has 0 aliphatic rings. The quantitative estimate of drug-likeness (QED) is 0.615. The van der Waals surface area contributed by atoms with Crippen LogP contribution in [0.1, 0.15) is 22.3 Å². The van der Waals surface area contributed by atoms with Gasteiger partial charge in [-0.3, -0.25) is 0 Å². The molecule has 0 aliphatic heterocycles. The van der Waals surface area contributed by atoms with Gasteiger partial charge in [-0.1, -0.05) is 12.1 Å². The third-order valence-corrected chi connectivity index (χ3v) is 3.26. The van der Waals surface area contributed by atoms with Crippen molar-refractivity contribution in [3.63, 3.8) is 0 Å². The minimum absolute atomic E-state index is 0.0231. The van der Waals surface area contributed by atoms with E-state index >= 15 is 0 Å². The van der Waals surface area contributed by atoms with E-state index < -0.39 is 23.6 Å². The van der Waals surface area contributed by atoms with E-state index in [2.05, 4.69) is 0 Å². The van der Waals surface area contributed by atoms with Crippen LogP contribution >= 0.6 is 0 Å². The predicted molar refractivity (Wildman–Crippen MR) is 71.8 cm³/mol. The third kappa shape index (κ3) is 3.18. The first-order valence-electron chi connectivity index (χ1n) is 6.18. The summed E-state index contributed by atoms with van der Waals surface area (Å²) >= 11 is 0. The van der Waals surface area contributed by atoms with E-state index in [1.807, 2.05) is 0 Å². The first kappa shape index (κ1) is 19.0. The fourth-order valence-electron chi connectivity index (χ4n) is 2.28. The van der Waals surface area contributed by atoms with E-state index in [1.165, 1.54) is 13.8 Å². The summed E-state index contributed by atoms with van der Waals surface area (Å²) in [5.41, 5.74) is -1.42. The number of alkyl halides is 7. The number of allylic oxidation sites excluding steroid dienone is 1. The van der Waals surface area contributed by atoms with Gasteiger partial charge in [0.15, 0.2) is 0 Å². The molecule has 0 aliphatic carbocycles. The monoisotopic (exact) mass is 342 g/mol. The minimum atomic E-state index is -6.16. The van der Waals surface area contributed by atoms with Gasteiger partial charge in [-0.05, 0) is 31.1 Å². The van der Waals surface area contributed by atoms with Crippen LogP contribution in [0, 0.1) is 19.3 Å². The zero-order valence-electron chi connectivity index (χ0n) is 12.0. The van der Waals surface area contributed by atoms with Crippen molar-refractivity contribution in [1.29, 1.82) is 5.41 Å². The molecule has 0 amide bonds. The molecule has 3 N–H and O–H groups in total. The van der Waals surface area contributed by atoms with Crippen LogP contribution in [-0.4, -0.2) is 18.6 Å². The lowest BCUT2D eigenvalue weighted by Gasteiger charge is -2.31. The first-order valence-corrected chi connectivity index (χ1v) is 6.18. The molecule has 1 rings (SSSR count). The number of halogens is 7. The Labute approximate surface area is 127 Å². The zero-order valence-corrected chi connectivity index (χ0v) is 12.0. The highest BCUT2D eigenvalue weighted by molar-refractivity contribution is 5.83. The van der Waals surface area contributed by atoms with Gasteiger partial charge in [-0.2, -0.15) is 26.3 Å². The Morgan fingerprint density at radius 2 is 1.35 bits per heavy atom. The number of nitrogens with two attached hydrogens (primary N) is 1. The van der Waals surface area contributed by atoms with E-state index in [9.17, 15) is 30.7 Å². The molecule has 1 aromatic rings. The van der Waals surface area contributed by atoms with Crippen molar-refractivity contribution in [3.05, 3.63) is 40.5 Å². The van der Waals surface area contributed by atoms with Crippen LogP contribution in [0.2, 0.25) is 0 Å². The van der Waals surface area contributed by atoms with E-state index in [0.717, 1.165) is 12.3 Å². The van der Waals surface area contributed by atoms with Gasteiger partial charge in [0.05, 0.1) is 0 Å². The van der Waals surface area contributed by atoms with E-state index in [-0.39, 0.29) is 22.4 Å². The molecule has 0 unspecified atom stereocenters. The molecule has 128 valence electrons. The van der Waals surface area contributed by atoms with Crippen molar-refractivity contribution in [2.45, 2.75) is 31.9 Å². The Morgan fingerprint density at radius 3 is 1.65 bits per heavy atom. The van der Waals surface area contributed by atoms with Crippen LogP contribution in [0.4, 0.5) is 30.7 Å². The molecule has 0 aromatic heterocycles. The Bertz CT molecular complexity index is 605. The molecular weight excluding hydrogens is 329 g/mol. The topological polar surface area (TPSA) is 49.9 Å². The highest BCUT2D eigenvalue weighted by Gasteiger charge is 2.73. The number of benzene rings is 1. The highest BCUT2D eigenvalue weighted by Crippen LogP contribution is 2.53. The molecule has 0 saturated carbocycles. The van der Waals surface area contributed by atoms with Crippen LogP contribution in [0.15, 0.2) is 18.2 Å². The second-order valence-electron chi connectivity index (χ2n) is 4.93. The first-order chi connectivity index (χ1) is 10.3. The van der Waals surface area contributed by atoms with Gasteiger partial charge in [0, 0.05) is 23.0 Å². The fraction of sp³-hybridized carbons (Fsp3) is 0.357. The predicted octanol–water partition coefficient (Wildman–Crippen LogP) is 4.54. The molecular formula is C14H13F7N2. The number of rotatable bonds is 3. The molecule has 0 radical (unpaired) electrons. The average Bonchev–Trinajstić information content (AvgIpc) is 2.34. The van der Waals surface area contributed by atoms with Crippen molar-refractivity contribution in [1.82, 2.24) is 0 Å². The lowest BCUT2D eigenvalue weighted by atomic mass is 9.88. The summed E-state index contributed by atoms with van der Waals surface area (Å²) in [4.78, 5) is 0. The molecule has 1 aromatic carbocycles. The van der Waals surface area contributed by atoms with Gasteiger partial charge in [0.1, 0.15) is 0 Å². The lowest BCUT2D eigenvalue weighted by molar-refractivity contribution is -0.348. The molecule has 0 bridgehead atoms. The van der Waals surface area contributed by atoms with Crippen LogP contribution in [0.3, 0.4) is 0 Å². The molecule has 2 nitrogen and oxygen atoms in total. The van der Waals surface area contributed by atoms with Crippen LogP contribution < -0.4 is 5.73 Å². The Balaban J connectivity index is 3.68. The van der Waals surface area contributed by atoms with Crippen molar-refractivity contribution in [2.75, 3.05) is 0 Å². The smallest absolute Gasteiger partial charge is 0.398 e. The number of hydrogen-bond donors (Lipinski definition) is 2. The second-order valence-corrected chi connectivity index (χ2v) is 4.93. The van der Waals surface area contributed by atoms with Gasteiger partial charge in [0.2, 0.25) is 0 Å². The van der Waals surface area contributed by atoms with Gasteiger partial charge in [-0.15, -0.1) is 0 Å². The van der Waals surface area contributed by atoms with Gasteiger partial charge >= 0.3 is 18.0 Å². The number of hydrogen-bond acceptors (Lipinski definition) is 2. The SMILES string of the molecule is Cc1cc(C(F)(C(F)(F)F)C(F)(F)F)cc(C)c1C(N)=CC=N. The standard InChI is InChI=1S/C14H13F7N2/c1-7-5-9(6-8(2)11(7)10(23)3-4-22)12(15,13(16,17)18)14(19,20)21/h3-6,22H,23H2,1-2H3. The molecule has 0 heterocycles. The highest BCUT2D eigenvalue weighted by atomic mass is 19.4. The molecule has 23 heavy (non-hydrogen) atoms. The maximum absolute atomic E-state index is 14.0. The summed E-state index contributed by atoms with van der Waals surface area (Å²) in [6.45, 7) is 2.42. The van der Waals surface area contributed by atoms with Gasteiger partial charge in [-0.25, -0.2) is 4.39 Å². The third-order valence-electron chi connectivity index (χ3n) is 3.26. The largest absolute Gasteiger partial charge is 0.435 e. The van der Waals surface area contributed by atoms with Crippen LogP contribution in [-0.2, 0) is 5.67 Å². The Kier molecular flexibility index (Phi) is 4.84. The van der Waals surface area contributed by atoms with Crippen molar-refractivity contribution in [3.8, 4) is 0 Å². The van der Waals surface area contributed by atoms with Crippen molar-refractivity contribution < 1.29 is 30.7 Å². The van der Waals surface area contributed by atoms with E-state index in [0.29, 0.717) is 12.1 Å². The second kappa shape index (κ2) is 5.86. The Hall–Kier alpha value is -2.06.